The zero-order chi connectivity index (χ0) is 15.9. The number of carboxylic acid groups (broad SMARTS) is 1. The van der Waals surface area contributed by atoms with Crippen LogP contribution in [0.3, 0.4) is 0 Å². The van der Waals surface area contributed by atoms with Crippen molar-refractivity contribution < 1.29 is 23.9 Å². The molecule has 1 aromatic carbocycles. The van der Waals surface area contributed by atoms with Crippen LogP contribution in [0, 0.1) is 0 Å². The number of benzene rings is 1. The lowest BCUT2D eigenvalue weighted by molar-refractivity contribution is -0.136. The number of carbonyl (C=O) groups is 3. The van der Waals surface area contributed by atoms with Crippen molar-refractivity contribution in [2.24, 2.45) is 0 Å². The first-order valence-corrected chi connectivity index (χ1v) is 6.52. The summed E-state index contributed by atoms with van der Waals surface area (Å²) in [5, 5.41) is 13.6. The van der Waals surface area contributed by atoms with E-state index in [9.17, 15) is 14.4 Å². The maximum absolute atomic E-state index is 12.0. The molecule has 1 aromatic heterocycles. The van der Waals surface area contributed by atoms with Crippen molar-refractivity contribution in [3.05, 3.63) is 54.0 Å². The Labute approximate surface area is 125 Å². The van der Waals surface area contributed by atoms with Gasteiger partial charge in [-0.3, -0.25) is 14.4 Å². The number of aliphatic carboxylic acids is 1. The quantitative estimate of drug-likeness (QED) is 0.753. The van der Waals surface area contributed by atoms with Crippen LogP contribution in [-0.4, -0.2) is 29.4 Å². The molecular formula is C15H14N2O5. The van der Waals surface area contributed by atoms with E-state index in [-0.39, 0.29) is 24.3 Å². The highest BCUT2D eigenvalue weighted by Crippen LogP contribution is 2.16. The second-order valence-corrected chi connectivity index (χ2v) is 4.38. The zero-order valence-corrected chi connectivity index (χ0v) is 11.5. The summed E-state index contributed by atoms with van der Waals surface area (Å²) < 4.78 is 4.98. The molecule has 7 heteroatoms. The molecule has 22 heavy (non-hydrogen) atoms. The standard InChI is InChI=1S/C15H14N2O5/c18-13(19)7-8-16-14(20)10-4-1-2-5-11(10)17-15(21)12-6-3-9-22-12/h1-6,9H,7-8H2,(H,16,20)(H,17,21)(H,18,19). The van der Waals surface area contributed by atoms with Crippen LogP contribution in [0.25, 0.3) is 0 Å². The van der Waals surface area contributed by atoms with Gasteiger partial charge in [0.2, 0.25) is 0 Å². The van der Waals surface area contributed by atoms with Crippen molar-refractivity contribution in [1.29, 1.82) is 0 Å². The number of nitrogens with one attached hydrogen (secondary N) is 2. The number of hydrogen-bond donors (Lipinski definition) is 3. The predicted octanol–water partition coefficient (Wildman–Crippen LogP) is 1.74. The second kappa shape index (κ2) is 7.07. The van der Waals surface area contributed by atoms with Crippen LogP contribution in [0.4, 0.5) is 5.69 Å². The molecule has 0 aliphatic heterocycles. The van der Waals surface area contributed by atoms with Crippen molar-refractivity contribution in [2.75, 3.05) is 11.9 Å². The summed E-state index contributed by atoms with van der Waals surface area (Å²) in [4.78, 5) is 34.4. The van der Waals surface area contributed by atoms with Gasteiger partial charge in [0.05, 0.1) is 23.9 Å². The molecule has 2 aromatic rings. The third-order valence-electron chi connectivity index (χ3n) is 2.79. The summed E-state index contributed by atoms with van der Waals surface area (Å²) in [5.74, 6) is -1.81. The van der Waals surface area contributed by atoms with Gasteiger partial charge in [-0.25, -0.2) is 0 Å². The van der Waals surface area contributed by atoms with E-state index in [0.29, 0.717) is 5.69 Å². The molecule has 2 rings (SSSR count). The van der Waals surface area contributed by atoms with Gasteiger partial charge in [0.15, 0.2) is 5.76 Å². The van der Waals surface area contributed by atoms with E-state index < -0.39 is 17.8 Å². The lowest BCUT2D eigenvalue weighted by Crippen LogP contribution is -2.27. The fourth-order valence-electron chi connectivity index (χ4n) is 1.76. The third-order valence-corrected chi connectivity index (χ3v) is 2.79. The van der Waals surface area contributed by atoms with Crippen molar-refractivity contribution in [3.63, 3.8) is 0 Å². The molecule has 0 aliphatic carbocycles. The molecule has 0 atom stereocenters. The summed E-state index contributed by atoms with van der Waals surface area (Å²) in [6.45, 7) is 0.00856. The van der Waals surface area contributed by atoms with Crippen molar-refractivity contribution in [1.82, 2.24) is 5.32 Å². The first kappa shape index (κ1) is 15.3. The van der Waals surface area contributed by atoms with E-state index in [4.69, 9.17) is 9.52 Å². The Morgan fingerprint density at radius 3 is 2.50 bits per heavy atom. The van der Waals surface area contributed by atoms with Crippen LogP contribution >= 0.6 is 0 Å². The Morgan fingerprint density at radius 1 is 1.05 bits per heavy atom. The van der Waals surface area contributed by atoms with Crippen LogP contribution in [-0.2, 0) is 4.79 Å². The van der Waals surface area contributed by atoms with E-state index in [1.54, 1.807) is 24.3 Å². The zero-order valence-electron chi connectivity index (χ0n) is 11.5. The predicted molar refractivity (Wildman–Crippen MR) is 77.7 cm³/mol. The van der Waals surface area contributed by atoms with E-state index >= 15 is 0 Å². The van der Waals surface area contributed by atoms with Crippen LogP contribution in [0.1, 0.15) is 27.3 Å². The number of furan rings is 1. The van der Waals surface area contributed by atoms with Gasteiger partial charge in [-0.1, -0.05) is 12.1 Å². The molecule has 1 heterocycles. The number of para-hydroxylation sites is 1. The topological polar surface area (TPSA) is 109 Å². The fraction of sp³-hybridized carbons (Fsp3) is 0.133. The molecule has 3 N–H and O–H groups in total. The highest BCUT2D eigenvalue weighted by molar-refractivity contribution is 6.07. The molecule has 2 amide bonds. The first-order chi connectivity index (χ1) is 10.6. The minimum Gasteiger partial charge on any atom is -0.481 e. The van der Waals surface area contributed by atoms with E-state index in [1.807, 2.05) is 0 Å². The van der Waals surface area contributed by atoms with Gasteiger partial charge in [0, 0.05) is 6.54 Å². The SMILES string of the molecule is O=C(O)CCNC(=O)c1ccccc1NC(=O)c1ccco1. The van der Waals surface area contributed by atoms with Gasteiger partial charge in [-0.2, -0.15) is 0 Å². The van der Waals surface area contributed by atoms with Crippen molar-refractivity contribution >= 4 is 23.5 Å². The molecule has 0 saturated heterocycles. The van der Waals surface area contributed by atoms with Crippen LogP contribution in [0.2, 0.25) is 0 Å². The Kier molecular flexibility index (Phi) is 4.92. The second-order valence-electron chi connectivity index (χ2n) is 4.38. The smallest absolute Gasteiger partial charge is 0.305 e. The van der Waals surface area contributed by atoms with Gasteiger partial charge < -0.3 is 20.2 Å². The summed E-state index contributed by atoms with van der Waals surface area (Å²) in [6, 6.07) is 9.52. The molecule has 0 aliphatic rings. The molecule has 0 bridgehead atoms. The van der Waals surface area contributed by atoms with Gasteiger partial charge in [-0.15, -0.1) is 0 Å². The highest BCUT2D eigenvalue weighted by Gasteiger charge is 2.15. The molecule has 114 valence electrons. The summed E-state index contributed by atoms with van der Waals surface area (Å²) >= 11 is 0. The van der Waals surface area contributed by atoms with Crippen LogP contribution in [0.15, 0.2) is 47.1 Å². The summed E-state index contributed by atoms with van der Waals surface area (Å²) in [5.41, 5.74) is 0.560. The number of carboxylic acids is 1. The minimum absolute atomic E-state index is 0.00856. The van der Waals surface area contributed by atoms with E-state index in [2.05, 4.69) is 10.6 Å². The lowest BCUT2D eigenvalue weighted by atomic mass is 10.1. The number of anilines is 1. The maximum Gasteiger partial charge on any atom is 0.305 e. The number of rotatable bonds is 6. The van der Waals surface area contributed by atoms with E-state index in [0.717, 1.165) is 0 Å². The van der Waals surface area contributed by atoms with Gasteiger partial charge >= 0.3 is 5.97 Å². The Morgan fingerprint density at radius 2 is 1.82 bits per heavy atom. The van der Waals surface area contributed by atoms with Crippen molar-refractivity contribution in [3.8, 4) is 0 Å². The summed E-state index contributed by atoms with van der Waals surface area (Å²) in [7, 11) is 0. The van der Waals surface area contributed by atoms with Crippen LogP contribution < -0.4 is 10.6 Å². The number of hydrogen-bond acceptors (Lipinski definition) is 4. The Hall–Kier alpha value is -3.09. The largest absolute Gasteiger partial charge is 0.481 e. The molecular weight excluding hydrogens is 288 g/mol. The number of amides is 2. The molecule has 0 radical (unpaired) electrons. The Bertz CT molecular complexity index is 679. The molecule has 0 saturated carbocycles. The molecule has 7 nitrogen and oxygen atoms in total. The molecule has 0 unspecified atom stereocenters. The Balaban J connectivity index is 2.07. The van der Waals surface area contributed by atoms with E-state index in [1.165, 1.54) is 18.4 Å². The van der Waals surface area contributed by atoms with Crippen LogP contribution in [0.5, 0.6) is 0 Å². The maximum atomic E-state index is 12.0. The van der Waals surface area contributed by atoms with Gasteiger partial charge in [0.1, 0.15) is 0 Å². The first-order valence-electron chi connectivity index (χ1n) is 6.52. The lowest BCUT2D eigenvalue weighted by Gasteiger charge is -2.10. The van der Waals surface area contributed by atoms with Crippen molar-refractivity contribution in [2.45, 2.75) is 6.42 Å². The van der Waals surface area contributed by atoms with Gasteiger partial charge in [0.25, 0.3) is 11.8 Å². The monoisotopic (exact) mass is 302 g/mol. The number of carbonyl (C=O) groups excluding carboxylic acids is 2. The highest BCUT2D eigenvalue weighted by atomic mass is 16.4. The summed E-state index contributed by atoms with van der Waals surface area (Å²) in [6.07, 6.45) is 1.20. The van der Waals surface area contributed by atoms with Gasteiger partial charge in [-0.05, 0) is 24.3 Å². The fourth-order valence-corrected chi connectivity index (χ4v) is 1.76. The normalized spacial score (nSPS) is 10.0. The average molecular weight is 302 g/mol. The minimum atomic E-state index is -1.00. The molecule has 0 spiro atoms. The third kappa shape index (κ3) is 3.95. The molecule has 0 fully saturated rings. The average Bonchev–Trinajstić information content (AvgIpc) is 3.01.